The third kappa shape index (κ3) is 3.71. The number of carbonyl (C=O) groups excluding carboxylic acids is 1. The van der Waals surface area contributed by atoms with Crippen molar-refractivity contribution in [1.29, 1.82) is 0 Å². The van der Waals surface area contributed by atoms with Gasteiger partial charge in [-0.3, -0.25) is 4.57 Å². The van der Waals surface area contributed by atoms with Crippen molar-refractivity contribution >= 4 is 28.6 Å². The van der Waals surface area contributed by atoms with Crippen LogP contribution in [0.5, 0.6) is 5.75 Å². The van der Waals surface area contributed by atoms with E-state index in [1.54, 1.807) is 7.11 Å². The van der Waals surface area contributed by atoms with Gasteiger partial charge in [-0.1, -0.05) is 43.3 Å². The van der Waals surface area contributed by atoms with Gasteiger partial charge in [0.05, 0.1) is 42.1 Å². The number of fused-ring (bicyclic) bond motifs is 3. The molecule has 1 aromatic heterocycles. The molecule has 0 unspecified atom stereocenters. The molecular weight excluding hydrogens is 426 g/mol. The van der Waals surface area contributed by atoms with E-state index in [4.69, 9.17) is 14.5 Å². The highest BCUT2D eigenvalue weighted by atomic mass is 16.5. The predicted octanol–water partition coefficient (Wildman–Crippen LogP) is 5.60. The summed E-state index contributed by atoms with van der Waals surface area (Å²) in [5.74, 6) is 1.08. The number of nitrogens with one attached hydrogen (secondary N) is 1. The molecule has 1 aliphatic heterocycles. The Bertz CT molecular complexity index is 1370. The third-order valence-corrected chi connectivity index (χ3v) is 6.21. The van der Waals surface area contributed by atoms with Gasteiger partial charge >= 0.3 is 5.97 Å². The molecule has 0 radical (unpaired) electrons. The molecule has 6 heteroatoms. The normalized spacial score (nSPS) is 15.1. The minimum Gasteiger partial charge on any atom is -0.497 e. The number of rotatable bonds is 6. The van der Waals surface area contributed by atoms with Crippen LogP contribution in [-0.2, 0) is 16.0 Å². The second kappa shape index (κ2) is 9.06. The Balaban J connectivity index is 1.79. The highest BCUT2D eigenvalue weighted by Crippen LogP contribution is 2.42. The zero-order valence-corrected chi connectivity index (χ0v) is 19.5. The number of carbonyl (C=O) groups is 1. The first-order valence-corrected chi connectivity index (χ1v) is 11.5. The van der Waals surface area contributed by atoms with Crippen molar-refractivity contribution in [3.63, 3.8) is 0 Å². The van der Waals surface area contributed by atoms with Crippen LogP contribution in [0.25, 0.3) is 16.7 Å². The monoisotopic (exact) mass is 453 g/mol. The lowest BCUT2D eigenvalue weighted by atomic mass is 9.91. The number of hydrogen-bond donors (Lipinski definition) is 1. The van der Waals surface area contributed by atoms with E-state index in [2.05, 4.69) is 41.1 Å². The minimum absolute atomic E-state index is 0.289. The molecule has 1 N–H and O–H groups in total. The molecule has 3 aromatic carbocycles. The summed E-state index contributed by atoms with van der Waals surface area (Å²) >= 11 is 0. The summed E-state index contributed by atoms with van der Waals surface area (Å²) in [6.45, 7) is 4.24. The van der Waals surface area contributed by atoms with Crippen molar-refractivity contribution in [3.8, 4) is 5.75 Å². The van der Waals surface area contributed by atoms with Gasteiger partial charge in [0.2, 0.25) is 5.95 Å². The van der Waals surface area contributed by atoms with E-state index in [0.29, 0.717) is 17.2 Å². The van der Waals surface area contributed by atoms with E-state index in [-0.39, 0.29) is 12.6 Å². The lowest BCUT2D eigenvalue weighted by Gasteiger charge is -2.31. The maximum atomic E-state index is 13.5. The topological polar surface area (TPSA) is 65.4 Å². The van der Waals surface area contributed by atoms with Crippen LogP contribution >= 0.6 is 0 Å². The summed E-state index contributed by atoms with van der Waals surface area (Å²) in [5.41, 5.74) is 6.14. The van der Waals surface area contributed by atoms with Gasteiger partial charge in [-0.05, 0) is 66.4 Å². The lowest BCUT2D eigenvalue weighted by molar-refractivity contribution is -0.138. The van der Waals surface area contributed by atoms with Gasteiger partial charge in [0.1, 0.15) is 5.75 Å². The number of nitrogens with zero attached hydrogens (tertiary/aromatic N) is 2. The SMILES string of the molecule is CCOC(=O)C1=C(c2ccc(OC)cc2)Nc2nc3ccccc3n2[C@@H]1c1ccc(CC)cc1. The Hall–Kier alpha value is -4.06. The molecule has 6 nitrogen and oxygen atoms in total. The number of hydrogen-bond acceptors (Lipinski definition) is 5. The van der Waals surface area contributed by atoms with Gasteiger partial charge in [0.15, 0.2) is 0 Å². The van der Waals surface area contributed by atoms with Crippen LogP contribution in [0.15, 0.2) is 78.4 Å². The Morgan fingerprint density at radius 2 is 1.74 bits per heavy atom. The van der Waals surface area contributed by atoms with Crippen molar-refractivity contribution < 1.29 is 14.3 Å². The highest BCUT2D eigenvalue weighted by Gasteiger charge is 2.36. The number of para-hydroxylation sites is 2. The van der Waals surface area contributed by atoms with Crippen molar-refractivity contribution in [1.82, 2.24) is 9.55 Å². The van der Waals surface area contributed by atoms with Crippen molar-refractivity contribution in [3.05, 3.63) is 95.1 Å². The molecule has 1 atom stereocenters. The third-order valence-electron chi connectivity index (χ3n) is 6.21. The number of esters is 1. The van der Waals surface area contributed by atoms with Crippen LogP contribution in [0.4, 0.5) is 5.95 Å². The van der Waals surface area contributed by atoms with E-state index in [9.17, 15) is 4.79 Å². The molecule has 34 heavy (non-hydrogen) atoms. The molecular formula is C28H27N3O3. The Labute approximate surface area is 198 Å². The van der Waals surface area contributed by atoms with E-state index in [1.165, 1.54) is 5.56 Å². The molecule has 0 spiro atoms. The number of imidazole rings is 1. The average molecular weight is 454 g/mol. The largest absolute Gasteiger partial charge is 0.497 e. The van der Waals surface area contributed by atoms with Crippen molar-refractivity contribution in [2.75, 3.05) is 19.0 Å². The molecule has 0 fully saturated rings. The molecule has 0 saturated heterocycles. The summed E-state index contributed by atoms with van der Waals surface area (Å²) in [6.07, 6.45) is 0.948. The molecule has 172 valence electrons. The summed E-state index contributed by atoms with van der Waals surface area (Å²) < 4.78 is 13.0. The molecule has 2 heterocycles. The van der Waals surface area contributed by atoms with Crippen LogP contribution in [0.1, 0.15) is 36.6 Å². The molecule has 0 saturated carbocycles. The first kappa shape index (κ1) is 21.8. The molecule has 4 aromatic rings. The number of benzene rings is 3. The zero-order valence-electron chi connectivity index (χ0n) is 19.5. The number of methoxy groups -OCH3 is 1. The average Bonchev–Trinajstić information content (AvgIpc) is 3.26. The second-order valence-corrected chi connectivity index (χ2v) is 8.15. The second-order valence-electron chi connectivity index (χ2n) is 8.15. The maximum Gasteiger partial charge on any atom is 0.338 e. The minimum atomic E-state index is -0.397. The molecule has 0 bridgehead atoms. The van der Waals surface area contributed by atoms with E-state index >= 15 is 0 Å². The standard InChI is InChI=1S/C28H27N3O3/c1-4-18-10-12-20(13-11-18)26-24(27(32)34-5-2)25(19-14-16-21(33-3)17-15-19)30-28-29-22-8-6-7-9-23(22)31(26)28/h6-17,26H,4-5H2,1-3H3,(H,29,30)/t26-/m1/s1. The number of aryl methyl sites for hydroxylation is 1. The first-order valence-electron chi connectivity index (χ1n) is 11.5. The van der Waals surface area contributed by atoms with Gasteiger partial charge < -0.3 is 14.8 Å². The number of ether oxygens (including phenoxy) is 2. The first-order chi connectivity index (χ1) is 16.6. The van der Waals surface area contributed by atoms with Crippen molar-refractivity contribution in [2.24, 2.45) is 0 Å². The van der Waals surface area contributed by atoms with E-state index in [0.717, 1.165) is 34.3 Å². The van der Waals surface area contributed by atoms with Gasteiger partial charge in [-0.2, -0.15) is 0 Å². The molecule has 1 aliphatic rings. The van der Waals surface area contributed by atoms with Gasteiger partial charge in [0.25, 0.3) is 0 Å². The van der Waals surface area contributed by atoms with Crippen LogP contribution < -0.4 is 10.1 Å². The molecule has 0 amide bonds. The number of anilines is 1. The van der Waals surface area contributed by atoms with E-state index in [1.807, 2.05) is 55.5 Å². The summed E-state index contributed by atoms with van der Waals surface area (Å²) in [7, 11) is 1.63. The molecule has 0 aliphatic carbocycles. The van der Waals surface area contributed by atoms with E-state index < -0.39 is 6.04 Å². The maximum absolute atomic E-state index is 13.5. The Morgan fingerprint density at radius 3 is 2.41 bits per heavy atom. The summed E-state index contributed by atoms with van der Waals surface area (Å²) in [6, 6.07) is 23.6. The fourth-order valence-electron chi connectivity index (χ4n) is 4.50. The van der Waals surface area contributed by atoms with Crippen LogP contribution in [-0.4, -0.2) is 29.2 Å². The van der Waals surface area contributed by atoms with Gasteiger partial charge in [0, 0.05) is 0 Å². The van der Waals surface area contributed by atoms with Gasteiger partial charge in [-0.15, -0.1) is 0 Å². The smallest absolute Gasteiger partial charge is 0.338 e. The fraction of sp³-hybridized carbons (Fsp3) is 0.214. The van der Waals surface area contributed by atoms with Crippen molar-refractivity contribution in [2.45, 2.75) is 26.3 Å². The lowest BCUT2D eigenvalue weighted by Crippen LogP contribution is -2.29. The summed E-state index contributed by atoms with van der Waals surface area (Å²) in [4.78, 5) is 18.4. The fourth-order valence-corrected chi connectivity index (χ4v) is 4.50. The predicted molar refractivity (Wildman–Crippen MR) is 134 cm³/mol. The van der Waals surface area contributed by atoms with Crippen LogP contribution in [0.2, 0.25) is 0 Å². The Morgan fingerprint density at radius 1 is 1.00 bits per heavy atom. The number of aromatic nitrogens is 2. The summed E-state index contributed by atoms with van der Waals surface area (Å²) in [5, 5.41) is 3.44. The highest BCUT2D eigenvalue weighted by molar-refractivity contribution is 6.03. The Kier molecular flexibility index (Phi) is 5.80. The quantitative estimate of drug-likeness (QED) is 0.385. The molecule has 5 rings (SSSR count). The van der Waals surface area contributed by atoms with Crippen LogP contribution in [0, 0.1) is 0 Å². The van der Waals surface area contributed by atoms with Gasteiger partial charge in [-0.25, -0.2) is 9.78 Å². The van der Waals surface area contributed by atoms with Crippen LogP contribution in [0.3, 0.4) is 0 Å². The zero-order chi connectivity index (χ0) is 23.7.